The van der Waals surface area contributed by atoms with E-state index >= 15 is 0 Å². The van der Waals surface area contributed by atoms with Crippen molar-refractivity contribution in [1.82, 2.24) is 10.4 Å². The highest BCUT2D eigenvalue weighted by molar-refractivity contribution is 5.19. The smallest absolute Gasteiger partial charge is 0.0475 e. The van der Waals surface area contributed by atoms with Crippen LogP contribution in [0.2, 0.25) is 0 Å². The van der Waals surface area contributed by atoms with Gasteiger partial charge in [0.05, 0.1) is 0 Å². The Balaban J connectivity index is 1.91. The summed E-state index contributed by atoms with van der Waals surface area (Å²) in [5.74, 6) is 6.58. The van der Waals surface area contributed by atoms with Gasteiger partial charge in [0.15, 0.2) is 0 Å². The van der Waals surface area contributed by atoms with E-state index in [1.54, 1.807) is 0 Å². The van der Waals surface area contributed by atoms with Gasteiger partial charge in [-0.15, -0.1) is 0 Å². The lowest BCUT2D eigenvalue weighted by molar-refractivity contribution is 0.416. The Morgan fingerprint density at radius 3 is 2.82 bits per heavy atom. The summed E-state index contributed by atoms with van der Waals surface area (Å²) >= 11 is 0. The first-order chi connectivity index (χ1) is 8.29. The van der Waals surface area contributed by atoms with Gasteiger partial charge >= 0.3 is 0 Å². The normalized spacial score (nSPS) is 18.5. The standard InChI is InChI=1S/C14H23N3/c1-11-8-13(10-16-9-11)14(17-15)7-6-12-4-2-3-5-12/h8-10,12,14,17H,2-7,15H2,1H3. The Morgan fingerprint density at radius 1 is 1.41 bits per heavy atom. The average molecular weight is 233 g/mol. The van der Waals surface area contributed by atoms with Crippen LogP contribution in [-0.4, -0.2) is 4.98 Å². The molecule has 1 saturated carbocycles. The number of nitrogens with two attached hydrogens (primary N) is 1. The first-order valence-corrected chi connectivity index (χ1v) is 6.67. The van der Waals surface area contributed by atoms with Gasteiger partial charge in [-0.05, 0) is 36.8 Å². The van der Waals surface area contributed by atoms with Crippen LogP contribution in [0.15, 0.2) is 18.5 Å². The third kappa shape index (κ3) is 3.51. The first kappa shape index (κ1) is 12.5. The van der Waals surface area contributed by atoms with Gasteiger partial charge in [-0.3, -0.25) is 16.3 Å². The summed E-state index contributed by atoms with van der Waals surface area (Å²) in [6.07, 6.45) is 11.8. The van der Waals surface area contributed by atoms with Crippen LogP contribution in [0.1, 0.15) is 55.7 Å². The molecule has 1 fully saturated rings. The maximum atomic E-state index is 5.66. The molecule has 0 aromatic carbocycles. The van der Waals surface area contributed by atoms with Crippen LogP contribution in [0.25, 0.3) is 0 Å². The van der Waals surface area contributed by atoms with E-state index < -0.39 is 0 Å². The van der Waals surface area contributed by atoms with Crippen molar-refractivity contribution in [2.75, 3.05) is 0 Å². The number of hydrogen-bond acceptors (Lipinski definition) is 3. The van der Waals surface area contributed by atoms with Crippen molar-refractivity contribution in [3.05, 3.63) is 29.6 Å². The molecule has 1 atom stereocenters. The summed E-state index contributed by atoms with van der Waals surface area (Å²) in [4.78, 5) is 4.24. The number of rotatable bonds is 5. The molecular formula is C14H23N3. The highest BCUT2D eigenvalue weighted by Crippen LogP contribution is 2.31. The van der Waals surface area contributed by atoms with Gasteiger partial charge in [0, 0.05) is 18.4 Å². The summed E-state index contributed by atoms with van der Waals surface area (Å²) in [7, 11) is 0. The maximum Gasteiger partial charge on any atom is 0.0475 e. The van der Waals surface area contributed by atoms with Crippen LogP contribution in [0.4, 0.5) is 0 Å². The number of hydrazine groups is 1. The van der Waals surface area contributed by atoms with Crippen molar-refractivity contribution in [2.45, 2.75) is 51.5 Å². The van der Waals surface area contributed by atoms with Crippen molar-refractivity contribution in [3.8, 4) is 0 Å². The third-order valence-corrected chi connectivity index (χ3v) is 3.84. The van der Waals surface area contributed by atoms with Crippen molar-refractivity contribution >= 4 is 0 Å². The average Bonchev–Trinajstić information content (AvgIpc) is 2.83. The van der Waals surface area contributed by atoms with E-state index in [-0.39, 0.29) is 6.04 Å². The van der Waals surface area contributed by atoms with E-state index in [0.717, 1.165) is 12.3 Å². The molecule has 1 unspecified atom stereocenters. The van der Waals surface area contributed by atoms with Gasteiger partial charge < -0.3 is 0 Å². The summed E-state index contributed by atoms with van der Waals surface area (Å²) in [5.41, 5.74) is 5.34. The fourth-order valence-electron chi connectivity index (χ4n) is 2.82. The number of hydrogen-bond donors (Lipinski definition) is 2. The molecule has 1 aliphatic carbocycles. The molecule has 3 heteroatoms. The molecular weight excluding hydrogens is 210 g/mol. The second-order valence-electron chi connectivity index (χ2n) is 5.24. The second kappa shape index (κ2) is 6.12. The van der Waals surface area contributed by atoms with Crippen molar-refractivity contribution in [2.24, 2.45) is 11.8 Å². The molecule has 0 saturated heterocycles. The lowest BCUT2D eigenvalue weighted by atomic mass is 9.95. The predicted molar refractivity (Wildman–Crippen MR) is 70.2 cm³/mol. The van der Waals surface area contributed by atoms with E-state index in [9.17, 15) is 0 Å². The first-order valence-electron chi connectivity index (χ1n) is 6.67. The van der Waals surface area contributed by atoms with Gasteiger partial charge in [0.1, 0.15) is 0 Å². The zero-order valence-electron chi connectivity index (χ0n) is 10.7. The van der Waals surface area contributed by atoms with Gasteiger partial charge in [-0.25, -0.2) is 0 Å². The molecule has 2 rings (SSSR count). The maximum absolute atomic E-state index is 5.66. The van der Waals surface area contributed by atoms with Crippen LogP contribution >= 0.6 is 0 Å². The Hall–Kier alpha value is -0.930. The minimum absolute atomic E-state index is 0.253. The van der Waals surface area contributed by atoms with Crippen LogP contribution < -0.4 is 11.3 Å². The monoisotopic (exact) mass is 233 g/mol. The molecule has 1 aliphatic rings. The van der Waals surface area contributed by atoms with Crippen molar-refractivity contribution < 1.29 is 0 Å². The molecule has 1 heterocycles. The number of nitrogens with one attached hydrogen (secondary N) is 1. The summed E-state index contributed by atoms with van der Waals surface area (Å²) in [6, 6.07) is 2.43. The molecule has 0 bridgehead atoms. The molecule has 17 heavy (non-hydrogen) atoms. The molecule has 0 radical (unpaired) electrons. The van der Waals surface area contributed by atoms with E-state index in [0.29, 0.717) is 0 Å². The fraction of sp³-hybridized carbons (Fsp3) is 0.643. The third-order valence-electron chi connectivity index (χ3n) is 3.84. The Morgan fingerprint density at radius 2 is 2.18 bits per heavy atom. The zero-order chi connectivity index (χ0) is 12.1. The summed E-state index contributed by atoms with van der Waals surface area (Å²) < 4.78 is 0. The predicted octanol–water partition coefficient (Wildman–Crippen LogP) is 2.86. The molecule has 0 spiro atoms. The number of nitrogens with zero attached hydrogens (tertiary/aromatic N) is 1. The molecule has 3 nitrogen and oxygen atoms in total. The molecule has 3 N–H and O–H groups in total. The van der Waals surface area contributed by atoms with Crippen LogP contribution in [0, 0.1) is 12.8 Å². The summed E-state index contributed by atoms with van der Waals surface area (Å²) in [5, 5.41) is 0. The molecule has 1 aromatic heterocycles. The van der Waals surface area contributed by atoms with Gasteiger partial charge in [0.25, 0.3) is 0 Å². The Labute approximate surface area is 104 Å². The lowest BCUT2D eigenvalue weighted by Crippen LogP contribution is -2.28. The number of pyridine rings is 1. The highest BCUT2D eigenvalue weighted by Gasteiger charge is 2.17. The lowest BCUT2D eigenvalue weighted by Gasteiger charge is -2.18. The van der Waals surface area contributed by atoms with Crippen LogP contribution in [0.3, 0.4) is 0 Å². The largest absolute Gasteiger partial charge is 0.271 e. The number of aromatic nitrogens is 1. The minimum Gasteiger partial charge on any atom is -0.271 e. The van der Waals surface area contributed by atoms with Gasteiger partial charge in [0.2, 0.25) is 0 Å². The second-order valence-corrected chi connectivity index (χ2v) is 5.24. The van der Waals surface area contributed by atoms with Crippen molar-refractivity contribution in [1.29, 1.82) is 0 Å². The van der Waals surface area contributed by atoms with Crippen LogP contribution in [0.5, 0.6) is 0 Å². The molecule has 0 aliphatic heterocycles. The van der Waals surface area contributed by atoms with E-state index in [2.05, 4.69) is 23.4 Å². The quantitative estimate of drug-likeness (QED) is 0.607. The topological polar surface area (TPSA) is 50.9 Å². The number of aryl methyl sites for hydroxylation is 1. The van der Waals surface area contributed by atoms with Crippen molar-refractivity contribution in [3.63, 3.8) is 0 Å². The van der Waals surface area contributed by atoms with Crippen LogP contribution in [-0.2, 0) is 0 Å². The van der Waals surface area contributed by atoms with Gasteiger partial charge in [-0.1, -0.05) is 31.7 Å². The Bertz CT molecular complexity index is 345. The van der Waals surface area contributed by atoms with E-state index in [1.165, 1.54) is 43.2 Å². The summed E-state index contributed by atoms with van der Waals surface area (Å²) in [6.45, 7) is 2.07. The zero-order valence-corrected chi connectivity index (χ0v) is 10.7. The SMILES string of the molecule is Cc1cncc(C(CCC2CCCC2)NN)c1. The fourth-order valence-corrected chi connectivity index (χ4v) is 2.82. The highest BCUT2D eigenvalue weighted by atomic mass is 15.2. The van der Waals surface area contributed by atoms with E-state index in [1.807, 2.05) is 12.4 Å². The minimum atomic E-state index is 0.253. The van der Waals surface area contributed by atoms with E-state index in [4.69, 9.17) is 5.84 Å². The van der Waals surface area contributed by atoms with Gasteiger partial charge in [-0.2, -0.15) is 0 Å². The Kier molecular flexibility index (Phi) is 4.51. The molecule has 94 valence electrons. The molecule has 1 aromatic rings. The molecule has 0 amide bonds.